The number of halogens is 12. The fraction of sp³-hybridized carbons (Fsp3) is 0.667. The van der Waals surface area contributed by atoms with Crippen LogP contribution in [0.2, 0.25) is 0 Å². The average molecular weight is 380 g/mol. The number of hydrogen-bond donors (Lipinski definition) is 0. The van der Waals surface area contributed by atoms with Crippen molar-refractivity contribution in [1.82, 2.24) is 0 Å². The van der Waals surface area contributed by atoms with E-state index >= 15 is 0 Å². The van der Waals surface area contributed by atoms with E-state index in [0.29, 0.717) is 0 Å². The predicted molar refractivity (Wildman–Crippen MR) is 41.3 cm³/mol. The molecule has 0 spiro atoms. The Balaban J connectivity index is 6.05. The van der Waals surface area contributed by atoms with Crippen molar-refractivity contribution < 1.29 is 64.8 Å². The third-order valence-electron chi connectivity index (χ3n) is 1.68. The van der Waals surface area contributed by atoms with Gasteiger partial charge in [-0.1, -0.05) is 3.89 Å². The van der Waals surface area contributed by atoms with Crippen molar-refractivity contribution in [3.63, 3.8) is 0 Å². The lowest BCUT2D eigenvalue weighted by Gasteiger charge is -2.27. The zero-order valence-electron chi connectivity index (χ0n) is 9.17. The molecule has 0 aromatic heterocycles. The van der Waals surface area contributed by atoms with Gasteiger partial charge in [-0.05, 0) is 0 Å². The Labute approximate surface area is 112 Å². The quantitative estimate of drug-likeness (QED) is 0.539. The molecule has 0 radical (unpaired) electrons. The van der Waals surface area contributed by atoms with Gasteiger partial charge in [0.1, 0.15) is 0 Å². The average Bonchev–Trinajstić information content (AvgIpc) is 2.21. The molecule has 0 atom stereocenters. The highest BCUT2D eigenvalue weighted by Gasteiger charge is 2.76. The Morgan fingerprint density at radius 2 is 1.14 bits per heavy atom. The van der Waals surface area contributed by atoms with Crippen molar-refractivity contribution in [2.24, 2.45) is 0 Å². The van der Waals surface area contributed by atoms with Crippen molar-refractivity contribution in [2.45, 2.75) is 24.1 Å². The summed E-state index contributed by atoms with van der Waals surface area (Å²) in [5.41, 5.74) is 0. The Hall–Kier alpha value is -1.19. The van der Waals surface area contributed by atoms with Crippen molar-refractivity contribution in [2.75, 3.05) is 0 Å². The van der Waals surface area contributed by atoms with Crippen molar-refractivity contribution in [3.8, 4) is 0 Å². The van der Waals surface area contributed by atoms with Crippen LogP contribution < -0.4 is 0 Å². The van der Waals surface area contributed by atoms with Crippen LogP contribution in [0.3, 0.4) is 0 Å². The SMILES string of the molecule is O=S(=O)(F)OC(F)(F)C(F)=C(F)C(F)(F)C(F)(F)C(F)(F)F. The Morgan fingerprint density at radius 3 is 1.41 bits per heavy atom. The summed E-state index contributed by atoms with van der Waals surface area (Å²) < 4.78 is 167. The first kappa shape index (κ1) is 20.8. The van der Waals surface area contributed by atoms with Gasteiger partial charge < -0.3 is 0 Å². The second kappa shape index (κ2) is 5.47. The summed E-state index contributed by atoms with van der Waals surface area (Å²) in [4.78, 5) is 0. The summed E-state index contributed by atoms with van der Waals surface area (Å²) in [5.74, 6) is -23.8. The minimum Gasteiger partial charge on any atom is -0.202 e. The largest absolute Gasteiger partial charge is 0.460 e. The molecule has 0 saturated carbocycles. The molecular formula is C6F12O3S. The summed E-state index contributed by atoms with van der Waals surface area (Å²) in [5, 5.41) is 0. The van der Waals surface area contributed by atoms with Gasteiger partial charge in [-0.2, -0.15) is 56.5 Å². The van der Waals surface area contributed by atoms with Crippen LogP contribution in [0.1, 0.15) is 0 Å². The van der Waals surface area contributed by atoms with E-state index in [2.05, 4.69) is 0 Å². The van der Waals surface area contributed by atoms with Gasteiger partial charge in [0.15, 0.2) is 0 Å². The van der Waals surface area contributed by atoms with Gasteiger partial charge in [0, 0.05) is 0 Å². The van der Waals surface area contributed by atoms with Crippen LogP contribution in [0.15, 0.2) is 11.7 Å². The summed E-state index contributed by atoms with van der Waals surface area (Å²) in [6.07, 6.45) is -13.6. The fourth-order valence-corrected chi connectivity index (χ4v) is 1.07. The first-order valence-electron chi connectivity index (χ1n) is 4.19. The van der Waals surface area contributed by atoms with Crippen molar-refractivity contribution in [3.05, 3.63) is 11.7 Å². The Bertz CT molecular complexity index is 558. The van der Waals surface area contributed by atoms with Crippen LogP contribution in [0, 0.1) is 0 Å². The standard InChI is InChI=1S/C6F12O3S/c7-1(2(8)4(11,12)21-22(18,19)20)3(9,10)5(13,14)6(15,16)17. The lowest BCUT2D eigenvalue weighted by atomic mass is 10.1. The lowest BCUT2D eigenvalue weighted by Crippen LogP contribution is -2.53. The second-order valence-electron chi connectivity index (χ2n) is 3.27. The molecule has 132 valence electrons. The number of hydrogen-bond acceptors (Lipinski definition) is 3. The molecular weight excluding hydrogens is 380 g/mol. The smallest absolute Gasteiger partial charge is 0.202 e. The molecule has 0 aromatic carbocycles. The van der Waals surface area contributed by atoms with E-state index in [-0.39, 0.29) is 0 Å². The lowest BCUT2D eigenvalue weighted by molar-refractivity contribution is -0.348. The van der Waals surface area contributed by atoms with E-state index in [1.165, 1.54) is 0 Å². The molecule has 0 fully saturated rings. The minimum absolute atomic E-state index is 1.84. The van der Waals surface area contributed by atoms with E-state index in [9.17, 15) is 60.6 Å². The zero-order valence-corrected chi connectivity index (χ0v) is 9.99. The first-order valence-corrected chi connectivity index (χ1v) is 5.50. The highest BCUT2D eigenvalue weighted by molar-refractivity contribution is 7.81. The molecule has 0 aliphatic carbocycles. The van der Waals surface area contributed by atoms with Crippen LogP contribution >= 0.6 is 0 Å². The van der Waals surface area contributed by atoms with Gasteiger partial charge in [0.05, 0.1) is 0 Å². The summed E-state index contributed by atoms with van der Waals surface area (Å²) >= 11 is 0. The van der Waals surface area contributed by atoms with Gasteiger partial charge in [0.25, 0.3) is 0 Å². The molecule has 0 heterocycles. The topological polar surface area (TPSA) is 43.4 Å². The van der Waals surface area contributed by atoms with Crippen LogP contribution in [0.25, 0.3) is 0 Å². The second-order valence-corrected chi connectivity index (χ2v) is 4.22. The molecule has 22 heavy (non-hydrogen) atoms. The Kier molecular flexibility index (Phi) is 5.17. The van der Waals surface area contributed by atoms with Crippen LogP contribution in [0.5, 0.6) is 0 Å². The maximum atomic E-state index is 12.6. The molecule has 3 nitrogen and oxygen atoms in total. The monoisotopic (exact) mass is 380 g/mol. The van der Waals surface area contributed by atoms with E-state index in [1.807, 2.05) is 4.18 Å². The van der Waals surface area contributed by atoms with Crippen LogP contribution in [0.4, 0.5) is 52.2 Å². The summed E-state index contributed by atoms with van der Waals surface area (Å²) in [7, 11) is -6.82. The summed E-state index contributed by atoms with van der Waals surface area (Å²) in [6.45, 7) is 0. The predicted octanol–water partition coefficient (Wildman–Crippen LogP) is 3.79. The molecule has 0 aliphatic heterocycles. The Morgan fingerprint density at radius 1 is 0.773 bits per heavy atom. The highest BCUT2D eigenvalue weighted by Crippen LogP contribution is 2.52. The molecule has 0 rings (SSSR count). The fourth-order valence-electron chi connectivity index (χ4n) is 0.743. The number of allylic oxidation sites excluding steroid dienone is 1. The van der Waals surface area contributed by atoms with Gasteiger partial charge in [-0.3, -0.25) is 0 Å². The van der Waals surface area contributed by atoms with E-state index in [4.69, 9.17) is 0 Å². The van der Waals surface area contributed by atoms with E-state index in [0.717, 1.165) is 0 Å². The van der Waals surface area contributed by atoms with Crippen molar-refractivity contribution in [1.29, 1.82) is 0 Å². The van der Waals surface area contributed by atoms with E-state index < -0.39 is 46.3 Å². The molecule has 0 unspecified atom stereocenters. The zero-order chi connectivity index (χ0) is 18.4. The van der Waals surface area contributed by atoms with Gasteiger partial charge in [-0.25, -0.2) is 4.39 Å². The van der Waals surface area contributed by atoms with Crippen molar-refractivity contribution >= 4 is 10.5 Å². The summed E-state index contributed by atoms with van der Waals surface area (Å²) in [6, 6.07) is 0. The molecule has 0 amide bonds. The third kappa shape index (κ3) is 3.96. The maximum absolute atomic E-state index is 12.6. The number of rotatable bonds is 5. The van der Waals surface area contributed by atoms with Crippen LogP contribution in [-0.2, 0) is 14.7 Å². The van der Waals surface area contributed by atoms with Crippen LogP contribution in [-0.4, -0.2) is 32.5 Å². The van der Waals surface area contributed by atoms with Gasteiger partial charge >= 0.3 is 34.6 Å². The molecule has 0 N–H and O–H groups in total. The third-order valence-corrected chi connectivity index (χ3v) is 2.09. The molecule has 0 aromatic rings. The highest BCUT2D eigenvalue weighted by atomic mass is 32.3. The molecule has 0 bridgehead atoms. The molecule has 0 aliphatic rings. The maximum Gasteiger partial charge on any atom is 0.460 e. The first-order chi connectivity index (χ1) is 9.27. The van der Waals surface area contributed by atoms with E-state index in [1.54, 1.807) is 0 Å². The minimum atomic E-state index is -7.36. The molecule has 0 saturated heterocycles. The normalized spacial score (nSPS) is 16.5. The van der Waals surface area contributed by atoms with Gasteiger partial charge in [-0.15, -0.1) is 0 Å². The van der Waals surface area contributed by atoms with Gasteiger partial charge in [0.2, 0.25) is 11.7 Å². The number of alkyl halides is 9. The molecule has 16 heteroatoms.